The molecule has 124 valence electrons. The molecule has 1 rings (SSSR count). The van der Waals surface area contributed by atoms with Crippen LogP contribution in [-0.2, 0) is 13.0 Å². The van der Waals surface area contributed by atoms with Crippen LogP contribution in [0.5, 0.6) is 11.5 Å². The molecule has 0 saturated carbocycles. The zero-order valence-electron chi connectivity index (χ0n) is 13.9. The van der Waals surface area contributed by atoms with E-state index in [2.05, 4.69) is 18.0 Å². The molecular weight excluding hydrogens is 278 g/mol. The van der Waals surface area contributed by atoms with Crippen molar-refractivity contribution in [1.29, 1.82) is 0 Å². The van der Waals surface area contributed by atoms with Gasteiger partial charge in [0.2, 0.25) is 0 Å². The number of benzene rings is 1. The quantitative estimate of drug-likeness (QED) is 0.460. The fourth-order valence-electron chi connectivity index (χ4n) is 2.36. The van der Waals surface area contributed by atoms with E-state index in [1.54, 1.807) is 7.11 Å². The predicted molar refractivity (Wildman–Crippen MR) is 90.7 cm³/mol. The van der Waals surface area contributed by atoms with Gasteiger partial charge in [0.15, 0.2) is 11.5 Å². The first-order valence-electron chi connectivity index (χ1n) is 8.01. The molecule has 0 aromatic heterocycles. The van der Waals surface area contributed by atoms with E-state index in [9.17, 15) is 0 Å². The van der Waals surface area contributed by atoms with E-state index in [1.165, 1.54) is 5.56 Å². The van der Waals surface area contributed by atoms with Crippen LogP contribution in [0, 0.1) is 0 Å². The number of aliphatic hydroxyl groups is 1. The molecule has 0 saturated heterocycles. The molecule has 0 heterocycles. The van der Waals surface area contributed by atoms with Crippen LogP contribution >= 0.6 is 0 Å². The van der Waals surface area contributed by atoms with Gasteiger partial charge in [0.05, 0.1) is 13.7 Å². The van der Waals surface area contributed by atoms with Crippen LogP contribution in [-0.4, -0.2) is 32.0 Å². The highest BCUT2D eigenvalue weighted by Crippen LogP contribution is 2.33. The number of rotatable bonds is 12. The van der Waals surface area contributed by atoms with Crippen molar-refractivity contribution in [3.05, 3.63) is 35.9 Å². The van der Waals surface area contributed by atoms with E-state index in [4.69, 9.17) is 14.6 Å². The number of unbranched alkanes of at least 4 members (excludes halogenated alkanes) is 2. The van der Waals surface area contributed by atoms with Gasteiger partial charge < -0.3 is 19.9 Å². The number of ether oxygens (including phenoxy) is 2. The second-order valence-corrected chi connectivity index (χ2v) is 5.17. The lowest BCUT2D eigenvalue weighted by atomic mass is 10.1. The number of methoxy groups -OCH3 is 1. The molecule has 0 spiro atoms. The lowest BCUT2D eigenvalue weighted by molar-refractivity contribution is 0.283. The number of aliphatic hydroxyl groups excluding tert-OH is 1. The van der Waals surface area contributed by atoms with Gasteiger partial charge in [0.1, 0.15) is 0 Å². The van der Waals surface area contributed by atoms with Gasteiger partial charge in [-0.15, -0.1) is 6.58 Å². The normalized spacial score (nSPS) is 10.5. The van der Waals surface area contributed by atoms with E-state index < -0.39 is 0 Å². The Hall–Kier alpha value is -1.52. The number of nitrogens with one attached hydrogen (secondary N) is 1. The first-order chi connectivity index (χ1) is 10.8. The summed E-state index contributed by atoms with van der Waals surface area (Å²) in [5.41, 5.74) is 2.28. The fourth-order valence-corrected chi connectivity index (χ4v) is 2.36. The Morgan fingerprint density at radius 1 is 1.27 bits per heavy atom. The average molecular weight is 307 g/mol. The fraction of sp³-hybridized carbons (Fsp3) is 0.556. The standard InChI is InChI=1S/C18H29NO3/c1-4-9-16-12-15(14-19-10-7-6-8-11-20)13-17(21-3)18(16)22-5-2/h4,12-13,19-20H,1,5-11,14H2,2-3H3. The Labute approximate surface area is 134 Å². The SMILES string of the molecule is C=CCc1cc(CNCCCCCO)cc(OC)c1OCC. The van der Waals surface area contributed by atoms with Crippen LogP contribution < -0.4 is 14.8 Å². The summed E-state index contributed by atoms with van der Waals surface area (Å²) in [5.74, 6) is 1.59. The van der Waals surface area contributed by atoms with Crippen molar-refractivity contribution in [2.75, 3.05) is 26.9 Å². The first-order valence-corrected chi connectivity index (χ1v) is 8.01. The maximum Gasteiger partial charge on any atom is 0.164 e. The van der Waals surface area contributed by atoms with Crippen LogP contribution in [0.4, 0.5) is 0 Å². The van der Waals surface area contributed by atoms with Crippen LogP contribution in [0.15, 0.2) is 24.8 Å². The van der Waals surface area contributed by atoms with Gasteiger partial charge in [-0.25, -0.2) is 0 Å². The maximum absolute atomic E-state index is 8.75. The number of hydrogen-bond acceptors (Lipinski definition) is 4. The highest BCUT2D eigenvalue weighted by Gasteiger charge is 2.12. The molecule has 22 heavy (non-hydrogen) atoms. The maximum atomic E-state index is 8.75. The molecule has 0 radical (unpaired) electrons. The lowest BCUT2D eigenvalue weighted by Crippen LogP contribution is -2.15. The van der Waals surface area contributed by atoms with Crippen molar-refractivity contribution >= 4 is 0 Å². The van der Waals surface area contributed by atoms with Gasteiger partial charge in [-0.1, -0.05) is 12.1 Å². The van der Waals surface area contributed by atoms with Gasteiger partial charge >= 0.3 is 0 Å². The van der Waals surface area contributed by atoms with Crippen molar-refractivity contribution in [2.45, 2.75) is 39.2 Å². The third-order valence-corrected chi connectivity index (χ3v) is 3.41. The Morgan fingerprint density at radius 3 is 2.73 bits per heavy atom. The topological polar surface area (TPSA) is 50.7 Å². The summed E-state index contributed by atoms with van der Waals surface area (Å²) in [6, 6.07) is 4.17. The molecule has 0 fully saturated rings. The van der Waals surface area contributed by atoms with Gasteiger partial charge in [-0.2, -0.15) is 0 Å². The van der Waals surface area contributed by atoms with Crippen LogP contribution in [0.3, 0.4) is 0 Å². The van der Waals surface area contributed by atoms with Gasteiger partial charge in [-0.05, 0) is 50.8 Å². The highest BCUT2D eigenvalue weighted by molar-refractivity contribution is 5.50. The Balaban J connectivity index is 2.70. The second-order valence-electron chi connectivity index (χ2n) is 5.17. The third-order valence-electron chi connectivity index (χ3n) is 3.41. The van der Waals surface area contributed by atoms with Crippen molar-refractivity contribution in [3.8, 4) is 11.5 Å². The molecule has 0 unspecified atom stereocenters. The molecule has 0 aliphatic heterocycles. The van der Waals surface area contributed by atoms with E-state index in [1.807, 2.05) is 19.1 Å². The molecule has 1 aromatic rings. The monoisotopic (exact) mass is 307 g/mol. The molecule has 4 nitrogen and oxygen atoms in total. The molecule has 0 aliphatic carbocycles. The van der Waals surface area contributed by atoms with Gasteiger partial charge in [0, 0.05) is 18.7 Å². The average Bonchev–Trinajstić information content (AvgIpc) is 2.53. The number of hydrogen-bond donors (Lipinski definition) is 2. The summed E-state index contributed by atoms with van der Waals surface area (Å²) in [4.78, 5) is 0. The smallest absolute Gasteiger partial charge is 0.164 e. The largest absolute Gasteiger partial charge is 0.493 e. The van der Waals surface area contributed by atoms with Crippen LogP contribution in [0.25, 0.3) is 0 Å². The molecular formula is C18H29NO3. The molecule has 0 atom stereocenters. The lowest BCUT2D eigenvalue weighted by Gasteiger charge is -2.16. The zero-order valence-corrected chi connectivity index (χ0v) is 13.9. The zero-order chi connectivity index (χ0) is 16.2. The predicted octanol–water partition coefficient (Wildman–Crippen LogP) is 3.07. The van der Waals surface area contributed by atoms with Crippen molar-refractivity contribution < 1.29 is 14.6 Å². The van der Waals surface area contributed by atoms with Crippen LogP contribution in [0.2, 0.25) is 0 Å². The second kappa shape index (κ2) is 11.1. The molecule has 4 heteroatoms. The summed E-state index contributed by atoms with van der Waals surface area (Å²) in [6.45, 7) is 8.43. The summed E-state index contributed by atoms with van der Waals surface area (Å²) < 4.78 is 11.2. The Kier molecular flexibility index (Phi) is 9.35. The third kappa shape index (κ3) is 6.08. The van der Waals surface area contributed by atoms with Crippen molar-refractivity contribution in [2.24, 2.45) is 0 Å². The highest BCUT2D eigenvalue weighted by atomic mass is 16.5. The molecule has 1 aromatic carbocycles. The molecule has 0 aliphatic rings. The minimum atomic E-state index is 0.279. The number of allylic oxidation sites excluding steroid dienone is 1. The molecule has 0 amide bonds. The molecule has 2 N–H and O–H groups in total. The van der Waals surface area contributed by atoms with Gasteiger partial charge in [-0.3, -0.25) is 0 Å². The van der Waals surface area contributed by atoms with Crippen LogP contribution in [0.1, 0.15) is 37.3 Å². The Bertz CT molecular complexity index is 446. The van der Waals surface area contributed by atoms with E-state index in [0.717, 1.165) is 55.8 Å². The first kappa shape index (κ1) is 18.5. The minimum absolute atomic E-state index is 0.279. The van der Waals surface area contributed by atoms with E-state index >= 15 is 0 Å². The Morgan fingerprint density at radius 2 is 2.09 bits per heavy atom. The van der Waals surface area contributed by atoms with Gasteiger partial charge in [0.25, 0.3) is 0 Å². The summed E-state index contributed by atoms with van der Waals surface area (Å²) >= 11 is 0. The van der Waals surface area contributed by atoms with E-state index in [0.29, 0.717) is 6.61 Å². The van der Waals surface area contributed by atoms with E-state index in [-0.39, 0.29) is 6.61 Å². The summed E-state index contributed by atoms with van der Waals surface area (Å²) in [5, 5.41) is 12.2. The summed E-state index contributed by atoms with van der Waals surface area (Å²) in [6.07, 6.45) is 5.65. The minimum Gasteiger partial charge on any atom is -0.493 e. The van der Waals surface area contributed by atoms with Crippen molar-refractivity contribution in [3.63, 3.8) is 0 Å². The van der Waals surface area contributed by atoms with Crippen molar-refractivity contribution in [1.82, 2.24) is 5.32 Å². The summed E-state index contributed by atoms with van der Waals surface area (Å²) in [7, 11) is 1.67. The molecule has 0 bridgehead atoms.